The Morgan fingerprint density at radius 1 is 1.00 bits per heavy atom. The summed E-state index contributed by atoms with van der Waals surface area (Å²) >= 11 is 0. The summed E-state index contributed by atoms with van der Waals surface area (Å²) in [6, 6.07) is 20.2. The first-order valence-corrected chi connectivity index (χ1v) is 6.96. The molecule has 0 saturated carbocycles. The summed E-state index contributed by atoms with van der Waals surface area (Å²) in [5.74, 6) is 0.765. The Hall–Kier alpha value is -2.68. The van der Waals surface area contributed by atoms with E-state index in [0.717, 1.165) is 22.6 Å². The van der Waals surface area contributed by atoms with Crippen LogP contribution in [0.2, 0.25) is 0 Å². The van der Waals surface area contributed by atoms with Gasteiger partial charge in [-0.25, -0.2) is 4.98 Å². The van der Waals surface area contributed by atoms with E-state index in [4.69, 9.17) is 0 Å². The minimum Gasteiger partial charge on any atom is -0.261 e. The Morgan fingerprint density at radius 3 is 2.52 bits per heavy atom. The van der Waals surface area contributed by atoms with Crippen LogP contribution in [-0.4, -0.2) is 10.7 Å². The number of fused-ring (bicyclic) bond motifs is 1. The van der Waals surface area contributed by atoms with Gasteiger partial charge in [-0.15, -0.1) is 0 Å². The van der Waals surface area contributed by atoms with Crippen molar-refractivity contribution in [3.63, 3.8) is 0 Å². The number of hydrazone groups is 1. The molecule has 0 unspecified atom stereocenters. The quantitative estimate of drug-likeness (QED) is 0.569. The summed E-state index contributed by atoms with van der Waals surface area (Å²) in [4.78, 5) is 4.58. The van der Waals surface area contributed by atoms with E-state index in [1.54, 1.807) is 0 Å². The van der Waals surface area contributed by atoms with Crippen LogP contribution in [0.4, 0.5) is 5.82 Å². The van der Waals surface area contributed by atoms with Crippen molar-refractivity contribution in [2.24, 2.45) is 5.10 Å². The van der Waals surface area contributed by atoms with E-state index in [-0.39, 0.29) is 0 Å². The van der Waals surface area contributed by atoms with Gasteiger partial charge < -0.3 is 0 Å². The third-order valence-corrected chi connectivity index (χ3v) is 3.45. The summed E-state index contributed by atoms with van der Waals surface area (Å²) in [6.45, 7) is 4.07. The molecular weight excluding hydrogens is 258 g/mol. The molecule has 3 nitrogen and oxygen atoms in total. The molecule has 0 atom stereocenters. The molecule has 3 rings (SSSR count). The van der Waals surface area contributed by atoms with Crippen molar-refractivity contribution in [3.05, 3.63) is 71.8 Å². The predicted octanol–water partition coefficient (Wildman–Crippen LogP) is 4.38. The maximum absolute atomic E-state index is 4.58. The number of nitrogens with zero attached hydrogens (tertiary/aromatic N) is 2. The fourth-order valence-corrected chi connectivity index (χ4v) is 2.29. The molecule has 0 aliphatic rings. The van der Waals surface area contributed by atoms with Crippen LogP contribution in [0.15, 0.2) is 65.8 Å². The summed E-state index contributed by atoms with van der Waals surface area (Å²) in [7, 11) is 0. The molecule has 3 heteroatoms. The van der Waals surface area contributed by atoms with Crippen molar-refractivity contribution in [1.29, 1.82) is 0 Å². The van der Waals surface area contributed by atoms with Gasteiger partial charge >= 0.3 is 0 Å². The number of rotatable bonds is 3. The number of aryl methyl sites for hydroxylation is 1. The number of hydrogen-bond donors (Lipinski definition) is 1. The monoisotopic (exact) mass is 275 g/mol. The molecule has 0 fully saturated rings. The SMILES string of the molecule is C/C(=N\Nc1cc(C)c2ccccc2n1)c1ccccc1. The molecule has 1 aromatic heterocycles. The van der Waals surface area contributed by atoms with Crippen molar-refractivity contribution in [2.45, 2.75) is 13.8 Å². The van der Waals surface area contributed by atoms with Crippen LogP contribution in [0.1, 0.15) is 18.1 Å². The first-order valence-electron chi connectivity index (χ1n) is 6.96. The van der Waals surface area contributed by atoms with Gasteiger partial charge in [-0.2, -0.15) is 5.10 Å². The molecule has 104 valence electrons. The number of nitrogens with one attached hydrogen (secondary N) is 1. The lowest BCUT2D eigenvalue weighted by Crippen LogP contribution is -2.01. The van der Waals surface area contributed by atoms with Gasteiger partial charge in [0.25, 0.3) is 0 Å². The molecule has 0 bridgehead atoms. The highest BCUT2D eigenvalue weighted by Crippen LogP contribution is 2.19. The molecule has 1 N–H and O–H groups in total. The van der Waals surface area contributed by atoms with Gasteiger partial charge in [0.15, 0.2) is 0 Å². The topological polar surface area (TPSA) is 37.3 Å². The standard InChI is InChI=1S/C18H17N3/c1-13-12-18(19-17-11-7-6-10-16(13)17)21-20-14(2)15-8-4-3-5-9-15/h3-12H,1-2H3,(H,19,21)/b20-14+. The maximum Gasteiger partial charge on any atom is 0.147 e. The van der Waals surface area contributed by atoms with Crippen LogP contribution in [0.3, 0.4) is 0 Å². The van der Waals surface area contributed by atoms with Crippen LogP contribution in [0, 0.1) is 6.92 Å². The Kier molecular flexibility index (Phi) is 3.65. The largest absolute Gasteiger partial charge is 0.261 e. The first kappa shape index (κ1) is 13.3. The average molecular weight is 275 g/mol. The molecule has 2 aromatic carbocycles. The number of para-hydroxylation sites is 1. The van der Waals surface area contributed by atoms with E-state index >= 15 is 0 Å². The maximum atomic E-state index is 4.58. The van der Waals surface area contributed by atoms with Crippen molar-refractivity contribution in [2.75, 3.05) is 5.43 Å². The Balaban J connectivity index is 1.89. The zero-order valence-electron chi connectivity index (χ0n) is 12.2. The van der Waals surface area contributed by atoms with Gasteiger partial charge in [0.2, 0.25) is 0 Å². The molecule has 0 aliphatic heterocycles. The minimum atomic E-state index is 0.765. The second kappa shape index (κ2) is 5.75. The third-order valence-electron chi connectivity index (χ3n) is 3.45. The zero-order valence-corrected chi connectivity index (χ0v) is 12.2. The zero-order chi connectivity index (χ0) is 14.7. The van der Waals surface area contributed by atoms with Crippen LogP contribution in [0.25, 0.3) is 10.9 Å². The summed E-state index contributed by atoms with van der Waals surface area (Å²) in [6.07, 6.45) is 0. The number of hydrogen-bond acceptors (Lipinski definition) is 3. The Labute approximate surface area is 124 Å². The van der Waals surface area contributed by atoms with Gasteiger partial charge in [0.1, 0.15) is 5.82 Å². The van der Waals surface area contributed by atoms with Gasteiger partial charge in [-0.3, -0.25) is 5.43 Å². The number of anilines is 1. The first-order chi connectivity index (χ1) is 10.2. The van der Waals surface area contributed by atoms with E-state index in [2.05, 4.69) is 28.5 Å². The van der Waals surface area contributed by atoms with Crippen molar-refractivity contribution in [3.8, 4) is 0 Å². The van der Waals surface area contributed by atoms with E-state index in [1.165, 1.54) is 10.9 Å². The Morgan fingerprint density at radius 2 is 1.71 bits per heavy atom. The highest BCUT2D eigenvalue weighted by atomic mass is 15.3. The van der Waals surface area contributed by atoms with E-state index in [9.17, 15) is 0 Å². The number of benzene rings is 2. The molecule has 0 saturated heterocycles. The molecule has 0 aliphatic carbocycles. The minimum absolute atomic E-state index is 0.765. The van der Waals surface area contributed by atoms with Crippen LogP contribution < -0.4 is 5.43 Å². The van der Waals surface area contributed by atoms with Gasteiger partial charge in [-0.1, -0.05) is 48.5 Å². The lowest BCUT2D eigenvalue weighted by Gasteiger charge is -2.07. The van der Waals surface area contributed by atoms with Crippen molar-refractivity contribution in [1.82, 2.24) is 4.98 Å². The van der Waals surface area contributed by atoms with E-state index in [1.807, 2.05) is 61.5 Å². The average Bonchev–Trinajstić information content (AvgIpc) is 2.53. The summed E-state index contributed by atoms with van der Waals surface area (Å²) in [5.41, 5.74) is 7.26. The van der Waals surface area contributed by atoms with Gasteiger partial charge in [0.05, 0.1) is 11.2 Å². The van der Waals surface area contributed by atoms with Crippen LogP contribution in [0.5, 0.6) is 0 Å². The molecule has 0 amide bonds. The van der Waals surface area contributed by atoms with Crippen molar-refractivity contribution >= 4 is 22.4 Å². The second-order valence-corrected chi connectivity index (χ2v) is 5.02. The molecular formula is C18H17N3. The van der Waals surface area contributed by atoms with Crippen LogP contribution in [-0.2, 0) is 0 Å². The third kappa shape index (κ3) is 2.92. The molecule has 21 heavy (non-hydrogen) atoms. The molecule has 1 heterocycles. The fraction of sp³-hybridized carbons (Fsp3) is 0.111. The summed E-state index contributed by atoms with van der Waals surface area (Å²) < 4.78 is 0. The van der Waals surface area contributed by atoms with E-state index in [0.29, 0.717) is 0 Å². The molecule has 3 aromatic rings. The highest BCUT2D eigenvalue weighted by molar-refractivity contribution is 5.99. The normalized spacial score (nSPS) is 11.6. The second-order valence-electron chi connectivity index (χ2n) is 5.02. The lowest BCUT2D eigenvalue weighted by atomic mass is 10.1. The van der Waals surface area contributed by atoms with E-state index < -0.39 is 0 Å². The Bertz CT molecular complexity index is 792. The molecule has 0 spiro atoms. The fourth-order valence-electron chi connectivity index (χ4n) is 2.29. The number of pyridine rings is 1. The summed E-state index contributed by atoms with van der Waals surface area (Å²) in [5, 5.41) is 5.59. The smallest absolute Gasteiger partial charge is 0.147 e. The van der Waals surface area contributed by atoms with Gasteiger partial charge in [0, 0.05) is 5.39 Å². The molecule has 0 radical (unpaired) electrons. The number of aromatic nitrogens is 1. The van der Waals surface area contributed by atoms with Gasteiger partial charge in [-0.05, 0) is 37.1 Å². The lowest BCUT2D eigenvalue weighted by molar-refractivity contribution is 1.24. The predicted molar refractivity (Wildman–Crippen MR) is 88.8 cm³/mol. The van der Waals surface area contributed by atoms with Crippen molar-refractivity contribution < 1.29 is 0 Å². The highest BCUT2D eigenvalue weighted by Gasteiger charge is 2.02. The van der Waals surface area contributed by atoms with Crippen LogP contribution >= 0.6 is 0 Å².